The number of nitrogens with two attached hydrogens (primary N) is 1. The molecule has 1 aromatic rings. The minimum absolute atomic E-state index is 0.234. The molecule has 1 saturated heterocycles. The Labute approximate surface area is 109 Å². The molecule has 1 unspecified atom stereocenters. The van der Waals surface area contributed by atoms with Crippen molar-refractivity contribution >= 4 is 38.3 Å². The molecule has 17 heavy (non-hydrogen) atoms. The van der Waals surface area contributed by atoms with Crippen molar-refractivity contribution in [2.45, 2.75) is 29.2 Å². The molecule has 1 aliphatic rings. The standard InChI is InChI=1S/C9H15N3O2S3/c1-6-8(16-9(10)12-6)17(13,14)11-5-7-3-2-4-15-7/h7,11H,2-5H2,1H3,(H2,10,12). The van der Waals surface area contributed by atoms with Gasteiger partial charge in [0.15, 0.2) is 9.34 Å². The van der Waals surface area contributed by atoms with Gasteiger partial charge in [0.2, 0.25) is 0 Å². The number of rotatable bonds is 4. The Kier molecular flexibility index (Phi) is 3.96. The molecule has 0 bridgehead atoms. The van der Waals surface area contributed by atoms with Crippen LogP contribution in [0.15, 0.2) is 4.21 Å². The number of thiazole rings is 1. The molecular formula is C9H15N3O2S3. The van der Waals surface area contributed by atoms with Gasteiger partial charge < -0.3 is 5.73 Å². The van der Waals surface area contributed by atoms with Crippen molar-refractivity contribution in [2.75, 3.05) is 18.0 Å². The van der Waals surface area contributed by atoms with E-state index in [0.717, 1.165) is 23.5 Å². The van der Waals surface area contributed by atoms with Crippen molar-refractivity contribution < 1.29 is 8.42 Å². The summed E-state index contributed by atoms with van der Waals surface area (Å²) in [5.41, 5.74) is 5.98. The van der Waals surface area contributed by atoms with Crippen molar-refractivity contribution in [2.24, 2.45) is 0 Å². The summed E-state index contributed by atoms with van der Waals surface area (Å²) in [4.78, 5) is 3.93. The van der Waals surface area contributed by atoms with E-state index >= 15 is 0 Å². The van der Waals surface area contributed by atoms with Gasteiger partial charge in [-0.1, -0.05) is 11.3 Å². The van der Waals surface area contributed by atoms with E-state index in [0.29, 0.717) is 17.5 Å². The number of nitrogens with zero attached hydrogens (tertiary/aromatic N) is 1. The smallest absolute Gasteiger partial charge is 0.252 e. The zero-order valence-corrected chi connectivity index (χ0v) is 11.9. The molecule has 3 N–H and O–H groups in total. The van der Waals surface area contributed by atoms with E-state index in [1.165, 1.54) is 6.42 Å². The number of aromatic nitrogens is 1. The first kappa shape index (κ1) is 13.1. The second kappa shape index (κ2) is 5.13. The average Bonchev–Trinajstić information content (AvgIpc) is 2.85. The highest BCUT2D eigenvalue weighted by Gasteiger charge is 2.23. The van der Waals surface area contributed by atoms with Crippen molar-refractivity contribution in [1.82, 2.24) is 9.71 Å². The molecule has 1 aromatic heterocycles. The molecule has 0 radical (unpaired) electrons. The van der Waals surface area contributed by atoms with Gasteiger partial charge in [-0.15, -0.1) is 0 Å². The molecule has 2 rings (SSSR count). The normalized spacial score (nSPS) is 20.9. The molecule has 8 heteroatoms. The van der Waals surface area contributed by atoms with Crippen LogP contribution in [0.1, 0.15) is 18.5 Å². The Hall–Kier alpha value is -0.310. The Morgan fingerprint density at radius 1 is 1.59 bits per heavy atom. The van der Waals surface area contributed by atoms with Gasteiger partial charge in [0, 0.05) is 11.8 Å². The largest absolute Gasteiger partial charge is 0.375 e. The van der Waals surface area contributed by atoms with E-state index in [1.54, 1.807) is 6.92 Å². The van der Waals surface area contributed by atoms with Gasteiger partial charge in [-0.2, -0.15) is 11.8 Å². The third-order valence-corrected chi connectivity index (χ3v) is 6.96. The first-order valence-corrected chi connectivity index (χ1v) is 8.68. The molecule has 0 saturated carbocycles. The topological polar surface area (TPSA) is 85.1 Å². The fourth-order valence-electron chi connectivity index (χ4n) is 1.73. The van der Waals surface area contributed by atoms with Crippen LogP contribution in [0.3, 0.4) is 0 Å². The molecule has 0 spiro atoms. The van der Waals surface area contributed by atoms with E-state index in [1.807, 2.05) is 11.8 Å². The number of nitrogen functional groups attached to an aromatic ring is 1. The number of anilines is 1. The molecular weight excluding hydrogens is 278 g/mol. The fraction of sp³-hybridized carbons (Fsp3) is 0.667. The van der Waals surface area contributed by atoms with Crippen LogP contribution in [-0.2, 0) is 10.0 Å². The Balaban J connectivity index is 2.05. The first-order chi connectivity index (χ1) is 7.99. The van der Waals surface area contributed by atoms with E-state index in [4.69, 9.17) is 5.73 Å². The van der Waals surface area contributed by atoms with Crippen molar-refractivity contribution in [1.29, 1.82) is 0 Å². The third-order valence-electron chi connectivity index (χ3n) is 2.54. The monoisotopic (exact) mass is 293 g/mol. The lowest BCUT2D eigenvalue weighted by atomic mass is 10.2. The van der Waals surface area contributed by atoms with Gasteiger partial charge in [0.05, 0.1) is 5.69 Å². The minimum atomic E-state index is -3.44. The molecule has 1 aliphatic heterocycles. The molecule has 5 nitrogen and oxygen atoms in total. The van der Waals surface area contributed by atoms with Crippen molar-refractivity contribution in [3.05, 3.63) is 5.69 Å². The number of hydrogen-bond donors (Lipinski definition) is 2. The highest BCUT2D eigenvalue weighted by atomic mass is 32.2. The van der Waals surface area contributed by atoms with Crippen LogP contribution in [0, 0.1) is 6.92 Å². The summed E-state index contributed by atoms with van der Waals surface area (Å²) in [6, 6.07) is 0. The molecule has 0 aliphatic carbocycles. The van der Waals surface area contributed by atoms with Crippen LogP contribution in [0.4, 0.5) is 5.13 Å². The molecule has 0 aromatic carbocycles. The zero-order valence-electron chi connectivity index (χ0n) is 9.47. The second-order valence-corrected chi connectivity index (χ2v) is 8.31. The van der Waals surface area contributed by atoms with Crippen LogP contribution in [0.5, 0.6) is 0 Å². The van der Waals surface area contributed by atoms with Gasteiger partial charge >= 0.3 is 0 Å². The Morgan fingerprint density at radius 2 is 2.35 bits per heavy atom. The van der Waals surface area contributed by atoms with Crippen molar-refractivity contribution in [3.8, 4) is 0 Å². The van der Waals surface area contributed by atoms with Crippen LogP contribution >= 0.6 is 23.1 Å². The Morgan fingerprint density at radius 3 is 2.88 bits per heavy atom. The SMILES string of the molecule is Cc1nc(N)sc1S(=O)(=O)NCC1CCCS1. The maximum atomic E-state index is 12.0. The zero-order chi connectivity index (χ0) is 12.5. The summed E-state index contributed by atoms with van der Waals surface area (Å²) in [6.45, 7) is 2.15. The number of hydrogen-bond acceptors (Lipinski definition) is 6. The van der Waals surface area contributed by atoms with Crippen LogP contribution in [-0.4, -0.2) is 30.9 Å². The van der Waals surface area contributed by atoms with E-state index in [9.17, 15) is 8.42 Å². The van der Waals surface area contributed by atoms with Gasteiger partial charge in [-0.05, 0) is 25.5 Å². The van der Waals surface area contributed by atoms with Gasteiger partial charge in [0.1, 0.15) is 0 Å². The predicted octanol–water partition coefficient (Wildman–Crippen LogP) is 1.21. The summed E-state index contributed by atoms with van der Waals surface area (Å²) in [5, 5.41) is 0.688. The number of aryl methyl sites for hydroxylation is 1. The quantitative estimate of drug-likeness (QED) is 0.871. The van der Waals surface area contributed by atoms with Crippen molar-refractivity contribution in [3.63, 3.8) is 0 Å². The number of sulfonamides is 1. The van der Waals surface area contributed by atoms with E-state index in [-0.39, 0.29) is 9.34 Å². The molecule has 2 heterocycles. The summed E-state index contributed by atoms with van der Waals surface area (Å²) < 4.78 is 26.9. The maximum absolute atomic E-state index is 12.0. The predicted molar refractivity (Wildman–Crippen MR) is 71.9 cm³/mol. The van der Waals surface area contributed by atoms with E-state index < -0.39 is 10.0 Å². The molecule has 0 amide bonds. The number of thioether (sulfide) groups is 1. The second-order valence-electron chi connectivity index (χ2n) is 3.91. The van der Waals surface area contributed by atoms with Gasteiger partial charge in [0.25, 0.3) is 10.0 Å². The van der Waals surface area contributed by atoms with E-state index in [2.05, 4.69) is 9.71 Å². The fourth-order valence-corrected chi connectivity index (χ4v) is 5.46. The van der Waals surface area contributed by atoms with Gasteiger partial charge in [-0.3, -0.25) is 0 Å². The lowest BCUT2D eigenvalue weighted by Gasteiger charge is -2.09. The third kappa shape index (κ3) is 3.12. The first-order valence-electron chi connectivity index (χ1n) is 5.33. The number of nitrogens with one attached hydrogen (secondary N) is 1. The lowest BCUT2D eigenvalue weighted by molar-refractivity contribution is 0.580. The Bertz CT molecular complexity index is 492. The minimum Gasteiger partial charge on any atom is -0.375 e. The maximum Gasteiger partial charge on any atom is 0.252 e. The highest BCUT2D eigenvalue weighted by molar-refractivity contribution is 8.00. The van der Waals surface area contributed by atoms with Gasteiger partial charge in [-0.25, -0.2) is 18.1 Å². The molecule has 1 atom stereocenters. The summed E-state index contributed by atoms with van der Waals surface area (Å²) in [5.74, 6) is 1.12. The van der Waals surface area contributed by atoms with Crippen LogP contribution < -0.4 is 10.5 Å². The molecule has 96 valence electrons. The van der Waals surface area contributed by atoms with Crippen LogP contribution in [0.2, 0.25) is 0 Å². The highest BCUT2D eigenvalue weighted by Crippen LogP contribution is 2.27. The average molecular weight is 293 g/mol. The summed E-state index contributed by atoms with van der Waals surface area (Å²) in [6.07, 6.45) is 2.25. The lowest BCUT2D eigenvalue weighted by Crippen LogP contribution is -2.29. The molecule has 1 fully saturated rings. The van der Waals surface area contributed by atoms with Crippen LogP contribution in [0.25, 0.3) is 0 Å². The summed E-state index contributed by atoms with van der Waals surface area (Å²) in [7, 11) is -3.44. The summed E-state index contributed by atoms with van der Waals surface area (Å²) >= 11 is 2.84.